The van der Waals surface area contributed by atoms with E-state index in [4.69, 9.17) is 0 Å². The van der Waals surface area contributed by atoms with Gasteiger partial charge in [-0.05, 0) is 16.5 Å². The van der Waals surface area contributed by atoms with Gasteiger partial charge in [-0.2, -0.15) is 9.36 Å². The molecule has 0 N–H and O–H groups in total. The lowest BCUT2D eigenvalue weighted by Crippen LogP contribution is -2.25. The van der Waals surface area contributed by atoms with Crippen LogP contribution in [0.25, 0.3) is 5.69 Å². The van der Waals surface area contributed by atoms with E-state index in [0.717, 1.165) is 18.2 Å². The largest absolute Gasteiger partial charge is 0.368 e. The third kappa shape index (κ3) is 2.32. The minimum atomic E-state index is -0.878. The van der Waals surface area contributed by atoms with Crippen LogP contribution in [0.1, 0.15) is 0 Å². The number of rotatable bonds is 4. The Kier molecular flexibility index (Phi) is 3.31. The maximum Gasteiger partial charge on any atom is 0.368 e. The lowest BCUT2D eigenvalue weighted by atomic mass is 10.2. The molecule has 100 valence electrons. The van der Waals surface area contributed by atoms with Gasteiger partial charge in [0.1, 0.15) is 18.2 Å². The van der Waals surface area contributed by atoms with Crippen molar-refractivity contribution < 1.29 is 13.7 Å². The smallest absolute Gasteiger partial charge is 0.258 e. The van der Waals surface area contributed by atoms with Crippen molar-refractivity contribution in [3.8, 4) is 5.69 Å². The number of nitrogens with zero attached hydrogens (tertiary/aromatic N) is 5. The van der Waals surface area contributed by atoms with Crippen LogP contribution in [0.3, 0.4) is 0 Å². The van der Waals surface area contributed by atoms with E-state index in [2.05, 4.69) is 10.4 Å². The number of aromatic nitrogens is 4. The first-order valence-electron chi connectivity index (χ1n) is 5.07. The summed E-state index contributed by atoms with van der Waals surface area (Å²) in [6.07, 6.45) is 0. The normalized spacial score (nSPS) is 10.6. The number of nitro benzene ring substituents is 1. The Labute approximate surface area is 104 Å². The number of aryl methyl sites for hydroxylation is 1. The molecule has 1 heterocycles. The van der Waals surface area contributed by atoms with Gasteiger partial charge in [0.05, 0.1) is 11.5 Å². The Bertz CT molecular complexity index is 681. The van der Waals surface area contributed by atoms with Crippen molar-refractivity contribution >= 4 is 5.69 Å². The minimum absolute atomic E-state index is 0.324. The first-order valence-corrected chi connectivity index (χ1v) is 5.07. The standard InChI is InChI=1S/C9H7F2N5O3/c10-3-4-14-9(17)15(13-12-14)8-5-6(16(18)19)1-2-7(8)11/h1-2,5H,3-4H2. The maximum atomic E-state index is 13.6. The van der Waals surface area contributed by atoms with Gasteiger partial charge >= 0.3 is 5.69 Å². The highest BCUT2D eigenvalue weighted by Crippen LogP contribution is 2.18. The molecule has 19 heavy (non-hydrogen) atoms. The molecule has 0 saturated heterocycles. The molecule has 0 bridgehead atoms. The topological polar surface area (TPSA) is 95.8 Å². The highest BCUT2D eigenvalue weighted by atomic mass is 19.1. The van der Waals surface area contributed by atoms with Gasteiger partial charge in [-0.15, -0.1) is 0 Å². The van der Waals surface area contributed by atoms with Gasteiger partial charge < -0.3 is 0 Å². The summed E-state index contributed by atoms with van der Waals surface area (Å²) < 4.78 is 26.9. The van der Waals surface area contributed by atoms with Crippen LogP contribution in [-0.4, -0.2) is 31.4 Å². The molecule has 2 aromatic rings. The Hall–Kier alpha value is -2.65. The van der Waals surface area contributed by atoms with E-state index in [1.54, 1.807) is 0 Å². The lowest BCUT2D eigenvalue weighted by Gasteiger charge is -2.00. The Morgan fingerprint density at radius 1 is 1.37 bits per heavy atom. The zero-order valence-corrected chi connectivity index (χ0v) is 9.36. The fourth-order valence-electron chi connectivity index (χ4n) is 1.42. The molecule has 0 saturated carbocycles. The highest BCUT2D eigenvalue weighted by molar-refractivity contribution is 5.43. The zero-order chi connectivity index (χ0) is 14.0. The fraction of sp³-hybridized carbons (Fsp3) is 0.222. The van der Waals surface area contributed by atoms with Gasteiger partial charge in [-0.25, -0.2) is 13.6 Å². The highest BCUT2D eigenvalue weighted by Gasteiger charge is 2.16. The summed E-state index contributed by atoms with van der Waals surface area (Å²) in [6.45, 7) is -1.16. The summed E-state index contributed by atoms with van der Waals surface area (Å²) in [5.41, 5.74) is -1.69. The van der Waals surface area contributed by atoms with Gasteiger partial charge in [0.2, 0.25) is 0 Å². The number of nitro groups is 1. The van der Waals surface area contributed by atoms with Crippen molar-refractivity contribution in [3.63, 3.8) is 0 Å². The number of halogens is 2. The molecule has 0 unspecified atom stereocenters. The van der Waals surface area contributed by atoms with Gasteiger partial charge in [-0.1, -0.05) is 0 Å². The van der Waals surface area contributed by atoms with Gasteiger partial charge in [0, 0.05) is 12.1 Å². The second-order valence-corrected chi connectivity index (χ2v) is 3.48. The van der Waals surface area contributed by atoms with Crippen molar-refractivity contribution in [1.82, 2.24) is 19.8 Å². The minimum Gasteiger partial charge on any atom is -0.258 e. The summed E-state index contributed by atoms with van der Waals surface area (Å²) in [7, 11) is 0. The quantitative estimate of drug-likeness (QED) is 0.594. The average molecular weight is 271 g/mol. The van der Waals surface area contributed by atoms with Gasteiger partial charge in [0.25, 0.3) is 5.69 Å². The Balaban J connectivity index is 2.55. The molecule has 1 aromatic heterocycles. The Morgan fingerprint density at radius 2 is 2.11 bits per heavy atom. The summed E-state index contributed by atoms with van der Waals surface area (Å²) >= 11 is 0. The van der Waals surface area contributed by atoms with Crippen LogP contribution in [0.2, 0.25) is 0 Å². The van der Waals surface area contributed by atoms with E-state index >= 15 is 0 Å². The molecule has 0 atom stereocenters. The summed E-state index contributed by atoms with van der Waals surface area (Å²) in [4.78, 5) is 21.5. The van der Waals surface area contributed by atoms with Crippen molar-refractivity contribution in [2.75, 3.05) is 6.67 Å². The second-order valence-electron chi connectivity index (χ2n) is 3.48. The molecule has 0 spiro atoms. The maximum absolute atomic E-state index is 13.6. The monoisotopic (exact) mass is 271 g/mol. The first-order chi connectivity index (χ1) is 9.04. The number of alkyl halides is 1. The van der Waals surface area contributed by atoms with Crippen LogP contribution < -0.4 is 5.69 Å². The van der Waals surface area contributed by atoms with E-state index in [-0.39, 0.29) is 6.54 Å². The number of hydrogen-bond donors (Lipinski definition) is 0. The molecule has 0 aliphatic carbocycles. The summed E-state index contributed by atoms with van der Waals surface area (Å²) in [5.74, 6) is -0.875. The zero-order valence-electron chi connectivity index (χ0n) is 9.36. The predicted octanol–water partition coefficient (Wildman–Crippen LogP) is 0.446. The van der Waals surface area contributed by atoms with E-state index in [1.165, 1.54) is 0 Å². The number of non-ortho nitro benzene ring substituents is 1. The van der Waals surface area contributed by atoms with Crippen molar-refractivity contribution in [2.24, 2.45) is 0 Å². The molecule has 0 amide bonds. The first kappa shape index (κ1) is 12.8. The SMILES string of the molecule is O=c1n(CCF)nnn1-c1cc([N+](=O)[O-])ccc1F. The molecular weight excluding hydrogens is 264 g/mol. The second kappa shape index (κ2) is 4.92. The number of benzene rings is 1. The fourth-order valence-corrected chi connectivity index (χ4v) is 1.42. The summed E-state index contributed by atoms with van der Waals surface area (Å²) in [6, 6.07) is 2.65. The molecule has 8 nitrogen and oxygen atoms in total. The van der Waals surface area contributed by atoms with Crippen molar-refractivity contribution in [3.05, 3.63) is 44.6 Å². The number of hydrogen-bond acceptors (Lipinski definition) is 5. The van der Waals surface area contributed by atoms with E-state index in [1.807, 2.05) is 0 Å². The molecule has 10 heteroatoms. The van der Waals surface area contributed by atoms with Crippen LogP contribution in [0.5, 0.6) is 0 Å². The van der Waals surface area contributed by atoms with Crippen molar-refractivity contribution in [2.45, 2.75) is 6.54 Å². The van der Waals surface area contributed by atoms with Crippen LogP contribution in [-0.2, 0) is 6.54 Å². The third-order valence-electron chi connectivity index (χ3n) is 2.30. The van der Waals surface area contributed by atoms with Crippen LogP contribution in [0.4, 0.5) is 14.5 Å². The average Bonchev–Trinajstić information content (AvgIpc) is 2.72. The molecule has 0 radical (unpaired) electrons. The molecule has 2 rings (SSSR count). The van der Waals surface area contributed by atoms with E-state index in [9.17, 15) is 23.7 Å². The van der Waals surface area contributed by atoms with E-state index < -0.39 is 34.5 Å². The summed E-state index contributed by atoms with van der Waals surface area (Å²) in [5, 5.41) is 17.3. The van der Waals surface area contributed by atoms with Crippen LogP contribution >= 0.6 is 0 Å². The van der Waals surface area contributed by atoms with E-state index in [0.29, 0.717) is 9.36 Å². The third-order valence-corrected chi connectivity index (χ3v) is 2.30. The van der Waals surface area contributed by atoms with Crippen LogP contribution in [0, 0.1) is 15.9 Å². The number of tetrazole rings is 1. The molecule has 0 fully saturated rings. The predicted molar refractivity (Wildman–Crippen MR) is 58.2 cm³/mol. The van der Waals surface area contributed by atoms with Crippen molar-refractivity contribution in [1.29, 1.82) is 0 Å². The molecule has 0 aliphatic rings. The van der Waals surface area contributed by atoms with Crippen LogP contribution in [0.15, 0.2) is 23.0 Å². The van der Waals surface area contributed by atoms with Gasteiger partial charge in [-0.3, -0.25) is 10.1 Å². The lowest BCUT2D eigenvalue weighted by molar-refractivity contribution is -0.384. The molecule has 0 aliphatic heterocycles. The molecular formula is C9H7F2N5O3. The Morgan fingerprint density at radius 3 is 2.74 bits per heavy atom. The molecule has 1 aromatic carbocycles. The van der Waals surface area contributed by atoms with Gasteiger partial charge in [0.15, 0.2) is 0 Å².